The third kappa shape index (κ3) is 1.23. The third-order valence-electron chi connectivity index (χ3n) is 1.63. The van der Waals surface area contributed by atoms with E-state index < -0.39 is 0 Å². The van der Waals surface area contributed by atoms with E-state index in [1.165, 1.54) is 18.4 Å². The van der Waals surface area contributed by atoms with Gasteiger partial charge in [0.05, 0.1) is 6.26 Å². The van der Waals surface area contributed by atoms with Gasteiger partial charge in [-0.2, -0.15) is 0 Å². The van der Waals surface area contributed by atoms with Crippen molar-refractivity contribution < 1.29 is 8.81 Å². The molecule has 12 heavy (non-hydrogen) atoms. The number of benzene rings is 1. The molecule has 0 bridgehead atoms. The van der Waals surface area contributed by atoms with Crippen LogP contribution in [0.3, 0.4) is 0 Å². The van der Waals surface area contributed by atoms with Crippen LogP contribution in [-0.2, 0) is 0 Å². The molecule has 2 heteroatoms. The Balaban J connectivity index is 2.48. The number of halogens is 1. The van der Waals surface area contributed by atoms with E-state index in [4.69, 9.17) is 4.42 Å². The minimum Gasteiger partial charge on any atom is -0.460 e. The molecule has 0 aliphatic rings. The summed E-state index contributed by atoms with van der Waals surface area (Å²) in [5.74, 6) is -0.242. The van der Waals surface area contributed by atoms with Crippen LogP contribution in [0.25, 0.3) is 11.1 Å². The second-order valence-corrected chi connectivity index (χ2v) is 2.46. The Hall–Kier alpha value is -1.57. The standard InChI is InChI=1S/C10H6FO/c11-10-3-1-2-8(6-10)9-4-5-12-7-9/h1-4,6-7H. The first-order chi connectivity index (χ1) is 5.86. The highest BCUT2D eigenvalue weighted by molar-refractivity contribution is 5.61. The molecular formula is C10H6FO. The van der Waals surface area contributed by atoms with E-state index >= 15 is 0 Å². The molecule has 0 saturated heterocycles. The van der Waals surface area contributed by atoms with E-state index in [1.807, 2.05) is 6.07 Å². The fourth-order valence-corrected chi connectivity index (χ4v) is 1.05. The molecule has 2 aromatic rings. The van der Waals surface area contributed by atoms with Crippen LogP contribution in [-0.4, -0.2) is 0 Å². The minimum atomic E-state index is -0.242. The van der Waals surface area contributed by atoms with Crippen molar-refractivity contribution in [1.82, 2.24) is 0 Å². The van der Waals surface area contributed by atoms with Crippen LogP contribution in [0.1, 0.15) is 0 Å². The van der Waals surface area contributed by atoms with Crippen molar-refractivity contribution in [1.29, 1.82) is 0 Å². The van der Waals surface area contributed by atoms with E-state index in [0.717, 1.165) is 11.1 Å². The molecule has 1 nitrogen and oxygen atoms in total. The zero-order valence-electron chi connectivity index (χ0n) is 6.25. The largest absolute Gasteiger partial charge is 0.460 e. The summed E-state index contributed by atoms with van der Waals surface area (Å²) < 4.78 is 17.5. The van der Waals surface area contributed by atoms with Gasteiger partial charge in [-0.05, 0) is 23.8 Å². The molecule has 0 saturated carbocycles. The van der Waals surface area contributed by atoms with E-state index in [9.17, 15) is 4.39 Å². The SMILES string of the molecule is Fc1cccc(-c2c[c]oc2)c1. The molecule has 0 fully saturated rings. The minimum absolute atomic E-state index is 0.242. The lowest BCUT2D eigenvalue weighted by molar-refractivity contribution is 0.559. The normalized spacial score (nSPS) is 10.1. The van der Waals surface area contributed by atoms with Gasteiger partial charge in [-0.15, -0.1) is 0 Å². The van der Waals surface area contributed by atoms with E-state index in [1.54, 1.807) is 12.1 Å². The molecule has 1 heterocycles. The van der Waals surface area contributed by atoms with Gasteiger partial charge in [0.25, 0.3) is 0 Å². The van der Waals surface area contributed by atoms with Crippen molar-refractivity contribution >= 4 is 0 Å². The summed E-state index contributed by atoms with van der Waals surface area (Å²) in [6.07, 6.45) is 4.09. The Morgan fingerprint density at radius 1 is 1.25 bits per heavy atom. The molecule has 0 amide bonds. The van der Waals surface area contributed by atoms with Crippen LogP contribution < -0.4 is 0 Å². The molecule has 0 aliphatic carbocycles. The predicted molar refractivity (Wildman–Crippen MR) is 42.9 cm³/mol. The molecule has 1 radical (unpaired) electrons. The van der Waals surface area contributed by atoms with E-state index in [-0.39, 0.29) is 5.82 Å². The first-order valence-corrected chi connectivity index (χ1v) is 3.57. The second kappa shape index (κ2) is 2.81. The monoisotopic (exact) mass is 161 g/mol. The molecule has 0 atom stereocenters. The van der Waals surface area contributed by atoms with Gasteiger partial charge in [-0.3, -0.25) is 0 Å². The summed E-state index contributed by atoms with van der Waals surface area (Å²) in [4.78, 5) is 0. The van der Waals surface area contributed by atoms with Crippen LogP contribution in [0, 0.1) is 12.1 Å². The molecule has 2 rings (SSSR count). The summed E-state index contributed by atoms with van der Waals surface area (Å²) in [6, 6.07) is 8.03. The first-order valence-electron chi connectivity index (χ1n) is 3.57. The van der Waals surface area contributed by atoms with Gasteiger partial charge in [-0.1, -0.05) is 12.1 Å². The Morgan fingerprint density at radius 3 is 2.83 bits per heavy atom. The van der Waals surface area contributed by atoms with Crippen molar-refractivity contribution in [2.75, 3.05) is 0 Å². The predicted octanol–water partition coefficient (Wildman–Crippen LogP) is 2.89. The summed E-state index contributed by atoms with van der Waals surface area (Å²) in [7, 11) is 0. The number of hydrogen-bond acceptors (Lipinski definition) is 1. The van der Waals surface area contributed by atoms with Gasteiger partial charge < -0.3 is 4.42 Å². The maximum atomic E-state index is 12.7. The number of furan rings is 1. The summed E-state index contributed by atoms with van der Waals surface area (Å²) in [5.41, 5.74) is 1.65. The molecule has 0 aliphatic heterocycles. The van der Waals surface area contributed by atoms with Gasteiger partial charge in [0.2, 0.25) is 0 Å². The first kappa shape index (κ1) is 7.10. The van der Waals surface area contributed by atoms with Crippen molar-refractivity contribution in [3.8, 4) is 11.1 Å². The average Bonchev–Trinajstić information content (AvgIpc) is 2.56. The topological polar surface area (TPSA) is 13.1 Å². The van der Waals surface area contributed by atoms with Crippen LogP contribution in [0.4, 0.5) is 4.39 Å². The second-order valence-electron chi connectivity index (χ2n) is 2.46. The average molecular weight is 161 g/mol. The maximum Gasteiger partial charge on any atom is 0.169 e. The van der Waals surface area contributed by atoms with Crippen molar-refractivity contribution in [2.45, 2.75) is 0 Å². The third-order valence-corrected chi connectivity index (χ3v) is 1.63. The maximum absolute atomic E-state index is 12.7. The van der Waals surface area contributed by atoms with Crippen LogP contribution in [0.2, 0.25) is 0 Å². The van der Waals surface area contributed by atoms with Crippen molar-refractivity contribution in [2.24, 2.45) is 0 Å². The van der Waals surface area contributed by atoms with Crippen molar-refractivity contribution in [3.63, 3.8) is 0 Å². The molecule has 0 N–H and O–H groups in total. The van der Waals surface area contributed by atoms with Crippen LogP contribution in [0.5, 0.6) is 0 Å². The highest BCUT2D eigenvalue weighted by Crippen LogP contribution is 2.19. The molecule has 0 spiro atoms. The van der Waals surface area contributed by atoms with Gasteiger partial charge in [0.1, 0.15) is 5.82 Å². The summed E-state index contributed by atoms with van der Waals surface area (Å²) in [6.45, 7) is 0. The lowest BCUT2D eigenvalue weighted by atomic mass is 10.1. The molecular weight excluding hydrogens is 155 g/mol. The fraction of sp³-hybridized carbons (Fsp3) is 0. The lowest BCUT2D eigenvalue weighted by Crippen LogP contribution is -1.75. The zero-order chi connectivity index (χ0) is 8.39. The quantitative estimate of drug-likeness (QED) is 0.626. The Bertz CT molecular complexity index is 365. The summed E-state index contributed by atoms with van der Waals surface area (Å²) >= 11 is 0. The fourth-order valence-electron chi connectivity index (χ4n) is 1.05. The molecule has 0 unspecified atom stereocenters. The van der Waals surface area contributed by atoms with Gasteiger partial charge in [-0.25, -0.2) is 4.39 Å². The summed E-state index contributed by atoms with van der Waals surface area (Å²) in [5, 5.41) is 0. The van der Waals surface area contributed by atoms with Gasteiger partial charge in [0.15, 0.2) is 6.26 Å². The number of rotatable bonds is 1. The molecule has 1 aromatic carbocycles. The Morgan fingerprint density at radius 2 is 2.17 bits per heavy atom. The molecule has 59 valence electrons. The lowest BCUT2D eigenvalue weighted by Gasteiger charge is -1.94. The molecule has 1 aromatic heterocycles. The van der Waals surface area contributed by atoms with Crippen LogP contribution >= 0.6 is 0 Å². The highest BCUT2D eigenvalue weighted by atomic mass is 19.1. The van der Waals surface area contributed by atoms with Crippen molar-refractivity contribution in [3.05, 3.63) is 48.7 Å². The van der Waals surface area contributed by atoms with Crippen LogP contribution in [0.15, 0.2) is 41.0 Å². The highest BCUT2D eigenvalue weighted by Gasteiger charge is 1.99. The smallest absolute Gasteiger partial charge is 0.169 e. The number of hydrogen-bond donors (Lipinski definition) is 0. The van der Waals surface area contributed by atoms with E-state index in [0.29, 0.717) is 0 Å². The van der Waals surface area contributed by atoms with Gasteiger partial charge in [0, 0.05) is 5.56 Å². The Labute approximate surface area is 69.4 Å². The van der Waals surface area contributed by atoms with Gasteiger partial charge >= 0.3 is 0 Å². The van der Waals surface area contributed by atoms with E-state index in [2.05, 4.69) is 6.26 Å². The Kier molecular flexibility index (Phi) is 1.67. The zero-order valence-corrected chi connectivity index (χ0v) is 6.25.